The predicted molar refractivity (Wildman–Crippen MR) is 34.9 cm³/mol. The number of amides is 1. The lowest BCUT2D eigenvalue weighted by Crippen LogP contribution is -2.14. The van der Waals surface area contributed by atoms with Gasteiger partial charge in [-0.25, -0.2) is 4.79 Å². The Labute approximate surface area is 62.7 Å². The Balaban J connectivity index is 2.29. The first-order chi connectivity index (χ1) is 5.33. The fourth-order valence-corrected chi connectivity index (χ4v) is 0.809. The van der Waals surface area contributed by atoms with E-state index in [-0.39, 0.29) is 6.10 Å². The summed E-state index contributed by atoms with van der Waals surface area (Å²) in [7, 11) is 0. The van der Waals surface area contributed by atoms with Gasteiger partial charge in [-0.05, 0) is 5.53 Å². The van der Waals surface area contributed by atoms with Gasteiger partial charge >= 0.3 is 6.09 Å². The van der Waals surface area contributed by atoms with Crippen molar-refractivity contribution in [2.75, 3.05) is 13.2 Å². The van der Waals surface area contributed by atoms with Crippen molar-refractivity contribution in [3.8, 4) is 0 Å². The number of azide groups is 1. The van der Waals surface area contributed by atoms with Crippen LogP contribution in [0, 0.1) is 0 Å². The molecule has 1 fully saturated rings. The highest BCUT2D eigenvalue weighted by atomic mass is 16.6. The Kier molecular flexibility index (Phi) is 2.71. The maximum atomic E-state index is 10.5. The van der Waals surface area contributed by atoms with Crippen LogP contribution in [0.25, 0.3) is 10.4 Å². The van der Waals surface area contributed by atoms with E-state index < -0.39 is 6.09 Å². The van der Waals surface area contributed by atoms with Crippen LogP contribution in [0.3, 0.4) is 0 Å². The summed E-state index contributed by atoms with van der Waals surface area (Å²) in [4.78, 5) is 12.8. The lowest BCUT2D eigenvalue weighted by molar-refractivity contribution is 0.0900. The zero-order valence-corrected chi connectivity index (χ0v) is 5.77. The molecule has 0 aromatic heterocycles. The van der Waals surface area contributed by atoms with Crippen molar-refractivity contribution in [3.63, 3.8) is 0 Å². The fraction of sp³-hybridized carbons (Fsp3) is 0.800. The van der Waals surface area contributed by atoms with Gasteiger partial charge in [-0.1, -0.05) is 0 Å². The lowest BCUT2D eigenvalue weighted by Gasteiger charge is -2.05. The summed E-state index contributed by atoms with van der Waals surface area (Å²) < 4.78 is 9.59. The topological polar surface area (TPSA) is 84.3 Å². The molecule has 0 aromatic rings. The molecule has 6 nitrogen and oxygen atoms in total. The zero-order chi connectivity index (χ0) is 8.10. The van der Waals surface area contributed by atoms with Crippen molar-refractivity contribution in [1.82, 2.24) is 0 Å². The first-order valence-corrected chi connectivity index (χ1v) is 3.16. The third kappa shape index (κ3) is 2.45. The molecule has 6 heteroatoms. The normalized spacial score (nSPS) is 22.4. The molecule has 1 atom stereocenters. The van der Waals surface area contributed by atoms with Crippen molar-refractivity contribution in [1.29, 1.82) is 0 Å². The van der Waals surface area contributed by atoms with Crippen LogP contribution in [-0.4, -0.2) is 25.4 Å². The molecule has 0 bridgehead atoms. The Morgan fingerprint density at radius 3 is 3.18 bits per heavy atom. The standard InChI is InChI=1S/C5H7N3O3/c6-8-7-5(9)11-4-1-2-10-3-4/h4H,1-3H2. The fourth-order valence-electron chi connectivity index (χ4n) is 0.809. The highest BCUT2D eigenvalue weighted by Crippen LogP contribution is 2.08. The van der Waals surface area contributed by atoms with E-state index in [9.17, 15) is 4.79 Å². The molecule has 1 amide bonds. The summed E-state index contributed by atoms with van der Waals surface area (Å²) in [5.74, 6) is 0. The van der Waals surface area contributed by atoms with Gasteiger partial charge in [0.05, 0.1) is 13.2 Å². The Bertz CT molecular complexity index is 193. The monoisotopic (exact) mass is 157 g/mol. The number of nitrogens with zero attached hydrogens (tertiary/aromatic N) is 3. The van der Waals surface area contributed by atoms with Crippen LogP contribution >= 0.6 is 0 Å². The molecule has 1 aliphatic rings. The molecule has 1 unspecified atom stereocenters. The highest BCUT2D eigenvalue weighted by molar-refractivity contribution is 5.68. The van der Waals surface area contributed by atoms with Crippen molar-refractivity contribution in [3.05, 3.63) is 10.4 Å². The summed E-state index contributed by atoms with van der Waals surface area (Å²) in [5.41, 5.74) is 7.84. The average Bonchev–Trinajstić information content (AvgIpc) is 2.40. The minimum Gasteiger partial charge on any atom is -0.455 e. The largest absolute Gasteiger partial charge is 0.455 e. The van der Waals surface area contributed by atoms with Crippen LogP contribution in [0.5, 0.6) is 0 Å². The maximum absolute atomic E-state index is 10.5. The molecule has 1 saturated heterocycles. The molecular formula is C5H7N3O3. The molecule has 0 N–H and O–H groups in total. The van der Waals surface area contributed by atoms with Gasteiger partial charge in [-0.3, -0.25) is 0 Å². The molecule has 1 rings (SSSR count). The molecule has 60 valence electrons. The molecule has 1 heterocycles. The third-order valence-electron chi connectivity index (χ3n) is 1.28. The van der Waals surface area contributed by atoms with Crippen LogP contribution < -0.4 is 0 Å². The molecule has 1 aliphatic heterocycles. The predicted octanol–water partition coefficient (Wildman–Crippen LogP) is 1.22. The number of carbonyl (C=O) groups excluding carboxylic acids is 1. The summed E-state index contributed by atoms with van der Waals surface area (Å²) in [6.45, 7) is 0.987. The van der Waals surface area contributed by atoms with Crippen LogP contribution in [0.1, 0.15) is 6.42 Å². The van der Waals surface area contributed by atoms with Gasteiger partial charge in [0.2, 0.25) is 0 Å². The van der Waals surface area contributed by atoms with Crippen molar-refractivity contribution in [2.45, 2.75) is 12.5 Å². The quantitative estimate of drug-likeness (QED) is 0.326. The second-order valence-corrected chi connectivity index (χ2v) is 2.06. The first-order valence-electron chi connectivity index (χ1n) is 3.16. The number of hydrogen-bond acceptors (Lipinski definition) is 3. The molecular weight excluding hydrogens is 150 g/mol. The Morgan fingerprint density at radius 1 is 1.82 bits per heavy atom. The van der Waals surface area contributed by atoms with Gasteiger partial charge in [0.15, 0.2) is 0 Å². The zero-order valence-electron chi connectivity index (χ0n) is 5.77. The molecule has 11 heavy (non-hydrogen) atoms. The average molecular weight is 157 g/mol. The van der Waals surface area contributed by atoms with E-state index in [1.165, 1.54) is 0 Å². The maximum Gasteiger partial charge on any atom is 0.397 e. The lowest BCUT2D eigenvalue weighted by atomic mass is 10.3. The van der Waals surface area contributed by atoms with E-state index in [0.29, 0.717) is 19.6 Å². The smallest absolute Gasteiger partial charge is 0.397 e. The van der Waals surface area contributed by atoms with Crippen LogP contribution in [0.15, 0.2) is 5.11 Å². The van der Waals surface area contributed by atoms with E-state index in [0.717, 1.165) is 0 Å². The number of rotatable bonds is 1. The molecule has 0 spiro atoms. The van der Waals surface area contributed by atoms with Gasteiger partial charge in [0.1, 0.15) is 6.10 Å². The van der Waals surface area contributed by atoms with Crippen molar-refractivity contribution >= 4 is 6.09 Å². The van der Waals surface area contributed by atoms with Gasteiger partial charge in [0.25, 0.3) is 0 Å². The van der Waals surface area contributed by atoms with Crippen molar-refractivity contribution in [2.24, 2.45) is 5.11 Å². The highest BCUT2D eigenvalue weighted by Gasteiger charge is 2.18. The SMILES string of the molecule is [N-]=[N+]=NC(=O)OC1CCOC1. The first kappa shape index (κ1) is 7.84. The Hall–Kier alpha value is -1.26. The van der Waals surface area contributed by atoms with E-state index in [1.54, 1.807) is 0 Å². The van der Waals surface area contributed by atoms with Crippen molar-refractivity contribution < 1.29 is 14.3 Å². The van der Waals surface area contributed by atoms with E-state index in [4.69, 9.17) is 10.3 Å². The summed E-state index contributed by atoms with van der Waals surface area (Å²) in [5, 5.41) is 2.75. The number of carbonyl (C=O) groups is 1. The number of hydrogen-bond donors (Lipinski definition) is 0. The van der Waals surface area contributed by atoms with Gasteiger partial charge in [-0.2, -0.15) is 0 Å². The van der Waals surface area contributed by atoms with E-state index in [1.807, 2.05) is 0 Å². The van der Waals surface area contributed by atoms with Gasteiger partial charge < -0.3 is 9.47 Å². The van der Waals surface area contributed by atoms with Crippen LogP contribution in [0.2, 0.25) is 0 Å². The molecule has 0 aliphatic carbocycles. The van der Waals surface area contributed by atoms with Crippen LogP contribution in [0.4, 0.5) is 4.79 Å². The molecule has 0 aromatic carbocycles. The van der Waals surface area contributed by atoms with Gasteiger partial charge in [-0.15, -0.1) is 0 Å². The Morgan fingerprint density at radius 2 is 2.64 bits per heavy atom. The second-order valence-electron chi connectivity index (χ2n) is 2.06. The minimum absolute atomic E-state index is 0.243. The second kappa shape index (κ2) is 3.80. The number of ether oxygens (including phenoxy) is 2. The minimum atomic E-state index is -0.886. The molecule has 0 radical (unpaired) electrons. The van der Waals surface area contributed by atoms with E-state index >= 15 is 0 Å². The van der Waals surface area contributed by atoms with E-state index in [2.05, 4.69) is 14.8 Å². The molecule has 0 saturated carbocycles. The van der Waals surface area contributed by atoms with Crippen LogP contribution in [-0.2, 0) is 9.47 Å². The summed E-state index contributed by atoms with van der Waals surface area (Å²) in [6.07, 6.45) is -0.455. The summed E-state index contributed by atoms with van der Waals surface area (Å²) >= 11 is 0. The summed E-state index contributed by atoms with van der Waals surface area (Å²) in [6, 6.07) is 0. The third-order valence-corrected chi connectivity index (χ3v) is 1.28. The van der Waals surface area contributed by atoms with Gasteiger partial charge in [0, 0.05) is 16.4 Å².